The second-order valence-electron chi connectivity index (χ2n) is 6.43. The monoisotopic (exact) mass is 360 g/mol. The first-order valence-corrected chi connectivity index (χ1v) is 9.75. The number of benzene rings is 2. The Kier molecular flexibility index (Phi) is 4.20. The molecule has 2 aromatic rings. The highest BCUT2D eigenvalue weighted by atomic mass is 32.2. The predicted molar refractivity (Wildman–Crippen MR) is 97.7 cm³/mol. The zero-order chi connectivity index (χ0) is 18.4. The largest absolute Gasteiger partial charge is 0.506 e. The van der Waals surface area contributed by atoms with Crippen molar-refractivity contribution < 1.29 is 18.3 Å². The fraction of sp³-hybridized carbons (Fsp3) is 0.278. The number of fused-ring (bicyclic) bond motifs is 1. The van der Waals surface area contributed by atoms with Crippen molar-refractivity contribution in [2.24, 2.45) is 0 Å². The van der Waals surface area contributed by atoms with E-state index in [1.54, 1.807) is 36.4 Å². The van der Waals surface area contributed by atoms with Crippen molar-refractivity contribution in [1.29, 1.82) is 0 Å². The standard InChI is InChI=1S/C18H20N2O4S/c1-11-4-6-15(17(21)8-11)19-18(22)13-5-7-16-14(10-13)9-12(2)20(16)25(3,23)24/h4-8,10,12,21H,9H2,1-3H3,(H,19,22)/t12-/m1/s1. The van der Waals surface area contributed by atoms with Crippen LogP contribution >= 0.6 is 0 Å². The molecule has 0 radical (unpaired) electrons. The molecule has 3 rings (SSSR count). The first-order chi connectivity index (χ1) is 11.7. The molecular formula is C18H20N2O4S. The lowest BCUT2D eigenvalue weighted by molar-refractivity contribution is 0.102. The van der Waals surface area contributed by atoms with E-state index in [0.29, 0.717) is 23.4 Å². The lowest BCUT2D eigenvalue weighted by Gasteiger charge is -2.21. The SMILES string of the molecule is Cc1ccc(NC(=O)c2ccc3c(c2)C[C@@H](C)N3S(C)(=O)=O)c(O)c1. The van der Waals surface area contributed by atoms with E-state index in [4.69, 9.17) is 0 Å². The van der Waals surface area contributed by atoms with Crippen molar-refractivity contribution in [3.63, 3.8) is 0 Å². The first kappa shape index (κ1) is 17.3. The van der Waals surface area contributed by atoms with Crippen molar-refractivity contribution in [3.8, 4) is 5.75 Å². The molecule has 0 unspecified atom stereocenters. The van der Waals surface area contributed by atoms with Crippen molar-refractivity contribution in [2.75, 3.05) is 15.9 Å². The molecule has 0 fully saturated rings. The zero-order valence-electron chi connectivity index (χ0n) is 14.3. The molecule has 25 heavy (non-hydrogen) atoms. The molecule has 1 heterocycles. The molecule has 0 bridgehead atoms. The average Bonchev–Trinajstić information content (AvgIpc) is 2.84. The number of carbonyl (C=O) groups excluding carboxylic acids is 1. The third kappa shape index (κ3) is 3.32. The van der Waals surface area contributed by atoms with Crippen LogP contribution < -0.4 is 9.62 Å². The van der Waals surface area contributed by atoms with Gasteiger partial charge in [-0.1, -0.05) is 6.07 Å². The van der Waals surface area contributed by atoms with Crippen molar-refractivity contribution in [2.45, 2.75) is 26.3 Å². The highest BCUT2D eigenvalue weighted by Crippen LogP contribution is 2.35. The summed E-state index contributed by atoms with van der Waals surface area (Å²) in [6.45, 7) is 3.69. The van der Waals surface area contributed by atoms with Crippen LogP contribution in [0.25, 0.3) is 0 Å². The number of rotatable bonds is 3. The third-order valence-electron chi connectivity index (χ3n) is 4.25. The molecule has 2 aromatic carbocycles. The summed E-state index contributed by atoms with van der Waals surface area (Å²) in [6.07, 6.45) is 1.73. The average molecular weight is 360 g/mol. The van der Waals surface area contributed by atoms with Crippen LogP contribution in [0.3, 0.4) is 0 Å². The van der Waals surface area contributed by atoms with Crippen LogP contribution in [0.4, 0.5) is 11.4 Å². The number of hydrogen-bond donors (Lipinski definition) is 2. The van der Waals surface area contributed by atoms with Crippen LogP contribution in [0.2, 0.25) is 0 Å². The van der Waals surface area contributed by atoms with E-state index < -0.39 is 10.0 Å². The Balaban J connectivity index is 1.88. The molecule has 132 valence electrons. The second-order valence-corrected chi connectivity index (χ2v) is 8.29. The van der Waals surface area contributed by atoms with Crippen LogP contribution in [0.15, 0.2) is 36.4 Å². The Morgan fingerprint density at radius 2 is 1.96 bits per heavy atom. The van der Waals surface area contributed by atoms with Crippen LogP contribution in [-0.4, -0.2) is 31.7 Å². The third-order valence-corrected chi connectivity index (χ3v) is 5.52. The van der Waals surface area contributed by atoms with Crippen molar-refractivity contribution in [3.05, 3.63) is 53.1 Å². The highest BCUT2D eigenvalue weighted by Gasteiger charge is 2.32. The fourth-order valence-corrected chi connectivity index (χ4v) is 4.45. The van der Waals surface area contributed by atoms with E-state index in [1.165, 1.54) is 10.6 Å². The quantitative estimate of drug-likeness (QED) is 0.824. The Bertz CT molecular complexity index is 954. The minimum absolute atomic E-state index is 0.00591. The molecule has 0 spiro atoms. The minimum atomic E-state index is -3.36. The molecule has 0 aromatic heterocycles. The number of aromatic hydroxyl groups is 1. The number of hydrogen-bond acceptors (Lipinski definition) is 4. The van der Waals surface area contributed by atoms with Crippen LogP contribution in [-0.2, 0) is 16.4 Å². The normalized spacial score (nSPS) is 16.6. The van der Waals surface area contributed by atoms with Gasteiger partial charge in [-0.15, -0.1) is 0 Å². The molecule has 1 atom stereocenters. The second kappa shape index (κ2) is 6.07. The Morgan fingerprint density at radius 1 is 1.24 bits per heavy atom. The highest BCUT2D eigenvalue weighted by molar-refractivity contribution is 7.92. The molecule has 2 N–H and O–H groups in total. The van der Waals surface area contributed by atoms with Crippen LogP contribution in [0, 0.1) is 6.92 Å². The van der Waals surface area contributed by atoms with Gasteiger partial charge in [0.05, 0.1) is 17.6 Å². The lowest BCUT2D eigenvalue weighted by Crippen LogP contribution is -2.34. The Morgan fingerprint density at radius 3 is 2.60 bits per heavy atom. The maximum absolute atomic E-state index is 12.5. The van der Waals surface area contributed by atoms with E-state index in [-0.39, 0.29) is 17.7 Å². The summed E-state index contributed by atoms with van der Waals surface area (Å²) >= 11 is 0. The Labute approximate surface area is 147 Å². The van der Waals surface area contributed by atoms with Gasteiger partial charge in [0.15, 0.2) is 0 Å². The van der Waals surface area contributed by atoms with Crippen LogP contribution in [0.1, 0.15) is 28.4 Å². The summed E-state index contributed by atoms with van der Waals surface area (Å²) in [5.41, 5.74) is 3.08. The van der Waals surface area contributed by atoms with Gasteiger partial charge in [-0.05, 0) is 61.7 Å². The number of anilines is 2. The number of carbonyl (C=O) groups is 1. The number of amides is 1. The maximum Gasteiger partial charge on any atom is 0.255 e. The first-order valence-electron chi connectivity index (χ1n) is 7.90. The van der Waals surface area contributed by atoms with E-state index >= 15 is 0 Å². The van der Waals surface area contributed by atoms with Gasteiger partial charge >= 0.3 is 0 Å². The molecule has 0 saturated heterocycles. The van der Waals surface area contributed by atoms with Crippen LogP contribution in [0.5, 0.6) is 5.75 Å². The van der Waals surface area contributed by atoms with Gasteiger partial charge < -0.3 is 10.4 Å². The zero-order valence-corrected chi connectivity index (χ0v) is 15.1. The Hall–Kier alpha value is -2.54. The number of nitrogens with one attached hydrogen (secondary N) is 1. The number of phenolic OH excluding ortho intramolecular Hbond substituents is 1. The maximum atomic E-state index is 12.5. The molecule has 6 nitrogen and oxygen atoms in total. The van der Waals surface area contributed by atoms with Crippen molar-refractivity contribution in [1.82, 2.24) is 0 Å². The van der Waals surface area contributed by atoms with Gasteiger partial charge in [0, 0.05) is 11.6 Å². The van der Waals surface area contributed by atoms with E-state index in [2.05, 4.69) is 5.32 Å². The lowest BCUT2D eigenvalue weighted by atomic mass is 10.1. The molecule has 0 saturated carbocycles. The topological polar surface area (TPSA) is 86.7 Å². The van der Waals surface area contributed by atoms with E-state index in [1.807, 2.05) is 13.8 Å². The van der Waals surface area contributed by atoms with Crippen molar-refractivity contribution >= 4 is 27.3 Å². The summed E-state index contributed by atoms with van der Waals surface area (Å²) in [5, 5.41) is 12.6. The molecule has 1 aliphatic rings. The number of nitrogens with zero attached hydrogens (tertiary/aromatic N) is 1. The smallest absolute Gasteiger partial charge is 0.255 e. The van der Waals surface area contributed by atoms with Gasteiger partial charge in [-0.2, -0.15) is 0 Å². The van der Waals surface area contributed by atoms with Gasteiger partial charge in [-0.25, -0.2) is 8.42 Å². The fourth-order valence-electron chi connectivity index (χ4n) is 3.19. The summed E-state index contributed by atoms with van der Waals surface area (Å²) < 4.78 is 25.3. The molecule has 0 aliphatic carbocycles. The number of aryl methyl sites for hydroxylation is 1. The predicted octanol–water partition coefficient (Wildman–Crippen LogP) is 2.66. The molecular weight excluding hydrogens is 340 g/mol. The molecule has 1 aliphatic heterocycles. The van der Waals surface area contributed by atoms with Gasteiger partial charge in [0.1, 0.15) is 5.75 Å². The summed E-state index contributed by atoms with van der Waals surface area (Å²) in [6, 6.07) is 9.79. The molecule has 1 amide bonds. The number of sulfonamides is 1. The summed E-state index contributed by atoms with van der Waals surface area (Å²) in [5.74, 6) is -0.348. The summed E-state index contributed by atoms with van der Waals surface area (Å²) in [4.78, 5) is 12.5. The molecule has 7 heteroatoms. The number of phenols is 1. The van der Waals surface area contributed by atoms with Gasteiger partial charge in [0.25, 0.3) is 5.91 Å². The van der Waals surface area contributed by atoms with Gasteiger partial charge in [-0.3, -0.25) is 9.10 Å². The summed E-state index contributed by atoms with van der Waals surface area (Å²) in [7, 11) is -3.36. The van der Waals surface area contributed by atoms with E-state index in [0.717, 1.165) is 11.1 Å². The van der Waals surface area contributed by atoms with E-state index in [9.17, 15) is 18.3 Å². The minimum Gasteiger partial charge on any atom is -0.506 e. The van der Waals surface area contributed by atoms with Gasteiger partial charge in [0.2, 0.25) is 10.0 Å².